The number of piperidine rings is 1. The number of benzene rings is 2. The van der Waals surface area contributed by atoms with Crippen LogP contribution in [-0.2, 0) is 17.9 Å². The first-order valence-corrected chi connectivity index (χ1v) is 12.7. The summed E-state index contributed by atoms with van der Waals surface area (Å²) < 4.78 is 1.64. The molecule has 0 spiro atoms. The Labute approximate surface area is 213 Å². The van der Waals surface area contributed by atoms with E-state index in [1.807, 2.05) is 73.7 Å². The number of nitrogens with zero attached hydrogens (tertiary/aromatic N) is 3. The van der Waals surface area contributed by atoms with Crippen LogP contribution in [0.1, 0.15) is 43.2 Å². The summed E-state index contributed by atoms with van der Waals surface area (Å²) in [6, 6.07) is 21.7. The van der Waals surface area contributed by atoms with Crippen molar-refractivity contribution in [1.82, 2.24) is 14.4 Å². The van der Waals surface area contributed by atoms with Crippen molar-refractivity contribution in [2.75, 3.05) is 27.2 Å². The highest BCUT2D eigenvalue weighted by molar-refractivity contribution is 5.77. The number of amides is 1. The van der Waals surface area contributed by atoms with Gasteiger partial charge in [0, 0.05) is 38.3 Å². The van der Waals surface area contributed by atoms with Crippen LogP contribution in [0.3, 0.4) is 0 Å². The van der Waals surface area contributed by atoms with Gasteiger partial charge >= 0.3 is 0 Å². The second kappa shape index (κ2) is 11.2. The normalized spacial score (nSPS) is 16.2. The lowest BCUT2D eigenvalue weighted by molar-refractivity contribution is -0.136. The van der Waals surface area contributed by atoms with Gasteiger partial charge in [-0.3, -0.25) is 9.59 Å². The van der Waals surface area contributed by atoms with Gasteiger partial charge in [-0.25, -0.2) is 0 Å². The molecule has 1 aromatic heterocycles. The first-order chi connectivity index (χ1) is 17.2. The summed E-state index contributed by atoms with van der Waals surface area (Å²) in [7, 11) is 4.01. The first-order valence-electron chi connectivity index (χ1n) is 12.7. The van der Waals surface area contributed by atoms with Gasteiger partial charge < -0.3 is 19.5 Å². The lowest BCUT2D eigenvalue weighted by atomic mass is 9.90. The lowest BCUT2D eigenvalue weighted by Gasteiger charge is -2.39. The summed E-state index contributed by atoms with van der Waals surface area (Å²) in [4.78, 5) is 29.9. The van der Waals surface area contributed by atoms with Crippen LogP contribution in [0.5, 0.6) is 0 Å². The van der Waals surface area contributed by atoms with E-state index in [1.54, 1.807) is 10.6 Å². The number of hydrogen-bond acceptors (Lipinski definition) is 4. The number of pyridine rings is 1. The fraction of sp³-hybridized carbons (Fsp3) is 0.400. The summed E-state index contributed by atoms with van der Waals surface area (Å²) in [5.41, 5.74) is 2.98. The van der Waals surface area contributed by atoms with E-state index in [-0.39, 0.29) is 23.9 Å². The number of hydrogen-bond donors (Lipinski definition) is 1. The van der Waals surface area contributed by atoms with Gasteiger partial charge in [0.15, 0.2) is 0 Å². The third kappa shape index (κ3) is 6.31. The second-order valence-electron chi connectivity index (χ2n) is 10.4. The Balaban J connectivity index is 1.44. The summed E-state index contributed by atoms with van der Waals surface area (Å²) in [6.45, 7) is 3.98. The van der Waals surface area contributed by atoms with Crippen molar-refractivity contribution in [2.45, 2.75) is 50.8 Å². The summed E-state index contributed by atoms with van der Waals surface area (Å²) >= 11 is 0. The van der Waals surface area contributed by atoms with E-state index < -0.39 is 5.60 Å². The van der Waals surface area contributed by atoms with Gasteiger partial charge in [0.2, 0.25) is 5.91 Å². The van der Waals surface area contributed by atoms with Crippen molar-refractivity contribution >= 4 is 5.91 Å². The third-order valence-corrected chi connectivity index (χ3v) is 7.14. The van der Waals surface area contributed by atoms with Crippen molar-refractivity contribution in [2.24, 2.45) is 0 Å². The molecule has 3 aromatic rings. The number of aromatic nitrogens is 1. The van der Waals surface area contributed by atoms with Crippen molar-refractivity contribution in [3.8, 4) is 11.1 Å². The minimum absolute atomic E-state index is 0.117. The van der Waals surface area contributed by atoms with E-state index in [9.17, 15) is 14.7 Å². The van der Waals surface area contributed by atoms with Crippen molar-refractivity contribution in [1.29, 1.82) is 0 Å². The zero-order valence-electron chi connectivity index (χ0n) is 21.6. The van der Waals surface area contributed by atoms with Crippen LogP contribution in [0.25, 0.3) is 11.1 Å². The molecule has 6 heteroatoms. The van der Waals surface area contributed by atoms with Gasteiger partial charge in [0.1, 0.15) is 0 Å². The molecule has 1 fully saturated rings. The number of rotatable bonds is 8. The maximum atomic E-state index is 13.1. The predicted octanol–water partition coefficient (Wildman–Crippen LogP) is 4.12. The summed E-state index contributed by atoms with van der Waals surface area (Å²) in [6.07, 6.45) is 3.25. The Morgan fingerprint density at radius 1 is 1.03 bits per heavy atom. The van der Waals surface area contributed by atoms with Gasteiger partial charge in [-0.2, -0.15) is 0 Å². The molecule has 36 heavy (non-hydrogen) atoms. The standard InChI is InChI=1S/C30H37N3O3/c1-23(24-10-6-4-7-11-24)18-28(34)32-16-14-30(36,15-17-32)22-33-21-26(20-31(2)3)27(19-29(33)35)25-12-8-5-9-13-25/h4-13,19,21,23,36H,14-18,20,22H2,1-3H3/t23-/m1/s1. The Morgan fingerprint density at radius 3 is 2.25 bits per heavy atom. The van der Waals surface area contributed by atoms with E-state index in [0.717, 1.165) is 22.3 Å². The summed E-state index contributed by atoms with van der Waals surface area (Å²) in [5.74, 6) is 0.266. The second-order valence-corrected chi connectivity index (χ2v) is 10.4. The predicted molar refractivity (Wildman–Crippen MR) is 144 cm³/mol. The molecule has 190 valence electrons. The fourth-order valence-electron chi connectivity index (χ4n) is 5.04. The van der Waals surface area contributed by atoms with Crippen molar-refractivity contribution in [3.05, 3.63) is 94.4 Å². The number of carbonyl (C=O) groups is 1. The molecule has 4 rings (SSSR count). The Hall–Kier alpha value is -3.22. The van der Waals surface area contributed by atoms with E-state index in [4.69, 9.17) is 0 Å². The van der Waals surface area contributed by atoms with E-state index in [2.05, 4.69) is 24.0 Å². The molecule has 0 bridgehead atoms. The fourth-order valence-corrected chi connectivity index (χ4v) is 5.04. The molecule has 0 saturated carbocycles. The smallest absolute Gasteiger partial charge is 0.251 e. The topological polar surface area (TPSA) is 65.8 Å². The van der Waals surface area contributed by atoms with Crippen molar-refractivity contribution in [3.63, 3.8) is 0 Å². The van der Waals surface area contributed by atoms with E-state index in [1.165, 1.54) is 0 Å². The zero-order chi connectivity index (χ0) is 25.7. The largest absolute Gasteiger partial charge is 0.388 e. The molecule has 0 aliphatic carbocycles. The van der Waals surface area contributed by atoms with Crippen molar-refractivity contribution < 1.29 is 9.90 Å². The minimum atomic E-state index is -1.02. The molecule has 1 aliphatic rings. The maximum absolute atomic E-state index is 13.1. The molecule has 1 saturated heterocycles. The molecule has 6 nitrogen and oxygen atoms in total. The molecule has 1 amide bonds. The Morgan fingerprint density at radius 2 is 1.64 bits per heavy atom. The van der Waals surface area contributed by atoms with Crippen LogP contribution >= 0.6 is 0 Å². The molecule has 1 N–H and O–H groups in total. The van der Waals surface area contributed by atoms with Gasteiger partial charge in [-0.15, -0.1) is 0 Å². The molecular weight excluding hydrogens is 450 g/mol. The molecular formula is C30H37N3O3. The molecule has 2 aromatic carbocycles. The van der Waals surface area contributed by atoms with Crippen LogP contribution in [0.4, 0.5) is 0 Å². The van der Waals surface area contributed by atoms with E-state index >= 15 is 0 Å². The molecule has 0 unspecified atom stereocenters. The van der Waals surface area contributed by atoms with Gasteiger partial charge in [0.25, 0.3) is 5.56 Å². The summed E-state index contributed by atoms with van der Waals surface area (Å²) in [5, 5.41) is 11.4. The number of carbonyl (C=O) groups excluding carboxylic acids is 1. The highest BCUT2D eigenvalue weighted by atomic mass is 16.3. The molecule has 1 aliphatic heterocycles. The quantitative estimate of drug-likeness (QED) is 0.519. The van der Waals surface area contributed by atoms with Crippen LogP contribution in [0.2, 0.25) is 0 Å². The number of likely N-dealkylation sites (tertiary alicyclic amines) is 1. The minimum Gasteiger partial charge on any atom is -0.388 e. The van der Waals surface area contributed by atoms with Crippen LogP contribution in [-0.4, -0.2) is 58.2 Å². The third-order valence-electron chi connectivity index (χ3n) is 7.14. The molecule has 0 radical (unpaired) electrons. The molecule has 2 heterocycles. The SMILES string of the molecule is C[C@H](CC(=O)N1CCC(O)(Cn2cc(CN(C)C)c(-c3ccccc3)cc2=O)CC1)c1ccccc1. The average Bonchev–Trinajstić information content (AvgIpc) is 2.87. The lowest BCUT2D eigenvalue weighted by Crippen LogP contribution is -2.49. The zero-order valence-corrected chi connectivity index (χ0v) is 21.6. The Kier molecular flexibility index (Phi) is 8.07. The monoisotopic (exact) mass is 487 g/mol. The molecule has 1 atom stereocenters. The van der Waals surface area contributed by atoms with Gasteiger partial charge in [-0.05, 0) is 55.1 Å². The van der Waals surface area contributed by atoms with Gasteiger partial charge in [-0.1, -0.05) is 67.6 Å². The maximum Gasteiger partial charge on any atom is 0.251 e. The van der Waals surface area contributed by atoms with E-state index in [0.29, 0.717) is 38.9 Å². The number of aliphatic hydroxyl groups is 1. The first kappa shape index (κ1) is 25.9. The Bertz CT molecular complexity index is 1210. The van der Waals surface area contributed by atoms with Crippen LogP contribution < -0.4 is 5.56 Å². The average molecular weight is 488 g/mol. The van der Waals surface area contributed by atoms with Crippen LogP contribution in [0, 0.1) is 0 Å². The highest BCUT2D eigenvalue weighted by Gasteiger charge is 2.35. The van der Waals surface area contributed by atoms with Crippen LogP contribution in [0.15, 0.2) is 77.7 Å². The highest BCUT2D eigenvalue weighted by Crippen LogP contribution is 2.28. The van der Waals surface area contributed by atoms with Gasteiger partial charge in [0.05, 0.1) is 12.1 Å².